The molecule has 0 aromatic carbocycles. The molecule has 10 heteroatoms. The highest BCUT2D eigenvalue weighted by molar-refractivity contribution is 6.00. The molecule has 4 heterocycles. The van der Waals surface area contributed by atoms with E-state index in [1.54, 1.807) is 24.3 Å². The summed E-state index contributed by atoms with van der Waals surface area (Å²) < 4.78 is 5.74. The van der Waals surface area contributed by atoms with E-state index in [2.05, 4.69) is 15.0 Å². The van der Waals surface area contributed by atoms with Gasteiger partial charge in [0.15, 0.2) is 6.17 Å². The summed E-state index contributed by atoms with van der Waals surface area (Å²) in [5.74, 6) is -0.927. The van der Waals surface area contributed by atoms with Gasteiger partial charge in [0.2, 0.25) is 0 Å². The van der Waals surface area contributed by atoms with E-state index >= 15 is 0 Å². The van der Waals surface area contributed by atoms with Gasteiger partial charge >= 0.3 is 12.0 Å². The maximum atomic E-state index is 12.9. The highest BCUT2D eigenvalue weighted by Crippen LogP contribution is 2.33. The van der Waals surface area contributed by atoms with E-state index in [-0.39, 0.29) is 17.3 Å². The van der Waals surface area contributed by atoms with Crippen molar-refractivity contribution in [3.05, 3.63) is 60.5 Å². The number of carbonyl (C=O) groups is 3. The number of pyridine rings is 1. The lowest BCUT2D eigenvalue weighted by molar-refractivity contribution is -0.135. The summed E-state index contributed by atoms with van der Waals surface area (Å²) >= 11 is 0. The summed E-state index contributed by atoms with van der Waals surface area (Å²) in [6.45, 7) is 0.415. The van der Waals surface area contributed by atoms with Crippen molar-refractivity contribution < 1.29 is 19.1 Å². The van der Waals surface area contributed by atoms with Crippen LogP contribution in [0.15, 0.2) is 49.1 Å². The SMILES string of the molecule is NC(=O)N1C(c2ccncn2)=CC(=O)N2CCCCC(OC(=O)c3ccccn3)C21. The van der Waals surface area contributed by atoms with Crippen LogP contribution in [0, 0.1) is 0 Å². The zero-order chi connectivity index (χ0) is 21.1. The maximum Gasteiger partial charge on any atom is 0.357 e. The van der Waals surface area contributed by atoms with Crippen molar-refractivity contribution in [1.82, 2.24) is 24.8 Å². The fourth-order valence-corrected chi connectivity index (χ4v) is 3.76. The van der Waals surface area contributed by atoms with E-state index < -0.39 is 24.3 Å². The van der Waals surface area contributed by atoms with Gasteiger partial charge in [-0.1, -0.05) is 6.07 Å². The van der Waals surface area contributed by atoms with Crippen LogP contribution >= 0.6 is 0 Å². The van der Waals surface area contributed by atoms with Crippen LogP contribution in [-0.4, -0.2) is 61.5 Å². The summed E-state index contributed by atoms with van der Waals surface area (Å²) in [6.07, 6.45) is 5.89. The van der Waals surface area contributed by atoms with E-state index in [4.69, 9.17) is 10.5 Å². The number of nitrogens with two attached hydrogens (primary N) is 1. The Bertz CT molecular complexity index is 981. The quantitative estimate of drug-likeness (QED) is 0.754. The fraction of sp³-hybridized carbons (Fsp3) is 0.300. The molecule has 1 fully saturated rings. The van der Waals surface area contributed by atoms with Crippen LogP contribution in [0.2, 0.25) is 0 Å². The molecule has 0 spiro atoms. The van der Waals surface area contributed by atoms with Gasteiger partial charge in [-0.2, -0.15) is 0 Å². The van der Waals surface area contributed by atoms with Crippen LogP contribution in [0.3, 0.4) is 0 Å². The molecule has 0 saturated carbocycles. The first-order valence-corrected chi connectivity index (χ1v) is 9.55. The van der Waals surface area contributed by atoms with E-state index in [9.17, 15) is 14.4 Å². The number of ether oxygens (including phenoxy) is 1. The minimum Gasteiger partial charge on any atom is -0.453 e. The van der Waals surface area contributed by atoms with E-state index in [1.807, 2.05) is 0 Å². The number of urea groups is 1. The predicted molar refractivity (Wildman–Crippen MR) is 104 cm³/mol. The average Bonchev–Trinajstić information content (AvgIpc) is 2.97. The van der Waals surface area contributed by atoms with Crippen molar-refractivity contribution in [3.63, 3.8) is 0 Å². The lowest BCUT2D eigenvalue weighted by atomic mass is 10.1. The second-order valence-corrected chi connectivity index (χ2v) is 6.93. The molecular weight excluding hydrogens is 388 g/mol. The molecule has 2 atom stereocenters. The van der Waals surface area contributed by atoms with Gasteiger partial charge in [-0.05, 0) is 37.5 Å². The number of amides is 3. The zero-order valence-electron chi connectivity index (χ0n) is 16.0. The fourth-order valence-electron chi connectivity index (χ4n) is 3.76. The maximum absolute atomic E-state index is 12.9. The second-order valence-electron chi connectivity index (χ2n) is 6.93. The molecule has 2 aliphatic rings. The molecule has 2 aromatic heterocycles. The molecule has 2 N–H and O–H groups in total. The van der Waals surface area contributed by atoms with Gasteiger partial charge in [-0.25, -0.2) is 24.5 Å². The van der Waals surface area contributed by atoms with Crippen molar-refractivity contribution in [2.24, 2.45) is 5.73 Å². The third-order valence-corrected chi connectivity index (χ3v) is 5.07. The van der Waals surface area contributed by atoms with Crippen LogP contribution in [0.1, 0.15) is 35.4 Å². The van der Waals surface area contributed by atoms with E-state index in [1.165, 1.54) is 34.6 Å². The zero-order valence-corrected chi connectivity index (χ0v) is 16.0. The standard InChI is InChI=1S/C20H20N6O4/c21-20(29)26-15(13-7-9-22-12-24-13)11-17(27)25-10-4-2-6-16(18(25)26)30-19(28)14-5-1-3-8-23-14/h1,3,5,7-9,11-12,16,18H,2,4,6,10H2,(H2,21,29). The Kier molecular flexibility index (Phi) is 5.38. The van der Waals surface area contributed by atoms with Crippen molar-refractivity contribution in [2.75, 3.05) is 6.54 Å². The van der Waals surface area contributed by atoms with Crippen molar-refractivity contribution >= 4 is 23.6 Å². The number of fused-ring (bicyclic) bond motifs is 1. The average molecular weight is 408 g/mol. The minimum atomic E-state index is -0.875. The summed E-state index contributed by atoms with van der Waals surface area (Å²) in [4.78, 5) is 52.9. The molecule has 3 amide bonds. The highest BCUT2D eigenvalue weighted by Gasteiger charge is 2.45. The third-order valence-electron chi connectivity index (χ3n) is 5.07. The van der Waals surface area contributed by atoms with Gasteiger partial charge in [0.1, 0.15) is 18.1 Å². The largest absolute Gasteiger partial charge is 0.453 e. The molecule has 30 heavy (non-hydrogen) atoms. The Morgan fingerprint density at radius 1 is 1.13 bits per heavy atom. The second kappa shape index (κ2) is 8.27. The Morgan fingerprint density at radius 2 is 2.00 bits per heavy atom. The summed E-state index contributed by atoms with van der Waals surface area (Å²) in [5, 5.41) is 0. The number of hydrogen-bond donors (Lipinski definition) is 1. The molecule has 10 nitrogen and oxygen atoms in total. The van der Waals surface area contributed by atoms with Gasteiger partial charge in [0, 0.05) is 25.0 Å². The topological polar surface area (TPSA) is 132 Å². The summed E-state index contributed by atoms with van der Waals surface area (Å²) in [7, 11) is 0. The number of aromatic nitrogens is 3. The predicted octanol–water partition coefficient (Wildman–Crippen LogP) is 1.17. The summed E-state index contributed by atoms with van der Waals surface area (Å²) in [5.41, 5.74) is 6.48. The monoisotopic (exact) mass is 408 g/mol. The molecule has 0 radical (unpaired) electrons. The number of rotatable bonds is 3. The first-order chi connectivity index (χ1) is 14.6. The van der Waals surface area contributed by atoms with Crippen LogP contribution < -0.4 is 5.73 Å². The Labute approximate surface area is 172 Å². The van der Waals surface area contributed by atoms with E-state index in [0.717, 1.165) is 6.42 Å². The minimum absolute atomic E-state index is 0.146. The van der Waals surface area contributed by atoms with Gasteiger partial charge in [-0.3, -0.25) is 9.69 Å². The summed E-state index contributed by atoms with van der Waals surface area (Å²) in [6, 6.07) is 5.72. The van der Waals surface area contributed by atoms with Gasteiger partial charge in [0.05, 0.1) is 11.4 Å². The van der Waals surface area contributed by atoms with Gasteiger partial charge in [0.25, 0.3) is 5.91 Å². The first-order valence-electron chi connectivity index (χ1n) is 9.55. The Hall–Kier alpha value is -3.82. The normalized spacial score (nSPS) is 21.3. The van der Waals surface area contributed by atoms with Crippen molar-refractivity contribution in [3.8, 4) is 0 Å². The highest BCUT2D eigenvalue weighted by atomic mass is 16.5. The van der Waals surface area contributed by atoms with Crippen LogP contribution in [0.25, 0.3) is 5.70 Å². The van der Waals surface area contributed by atoms with Crippen LogP contribution in [0.4, 0.5) is 4.79 Å². The third kappa shape index (κ3) is 3.71. The number of esters is 1. The molecule has 2 aliphatic heterocycles. The molecule has 1 saturated heterocycles. The van der Waals surface area contributed by atoms with Crippen molar-refractivity contribution in [1.29, 1.82) is 0 Å². The molecule has 0 aliphatic carbocycles. The first kappa shape index (κ1) is 19.5. The number of hydrogen-bond acceptors (Lipinski definition) is 7. The van der Waals surface area contributed by atoms with E-state index in [0.29, 0.717) is 25.1 Å². The molecule has 0 bridgehead atoms. The van der Waals surface area contributed by atoms with Crippen molar-refractivity contribution in [2.45, 2.75) is 31.5 Å². The number of nitrogens with zero attached hydrogens (tertiary/aromatic N) is 5. The molecule has 2 unspecified atom stereocenters. The Morgan fingerprint density at radius 3 is 2.70 bits per heavy atom. The Balaban J connectivity index is 1.72. The van der Waals surface area contributed by atoms with Gasteiger partial charge in [-0.15, -0.1) is 0 Å². The van der Waals surface area contributed by atoms with Gasteiger partial charge < -0.3 is 15.4 Å². The molecule has 2 aromatic rings. The molecule has 4 rings (SSSR count). The van der Waals surface area contributed by atoms with Crippen LogP contribution in [-0.2, 0) is 9.53 Å². The molecule has 154 valence electrons. The number of carbonyl (C=O) groups excluding carboxylic acids is 3. The lowest BCUT2D eigenvalue weighted by Gasteiger charge is -2.44. The lowest BCUT2D eigenvalue weighted by Crippen LogP contribution is -2.61. The number of primary amides is 1. The molecular formula is C20H20N6O4. The smallest absolute Gasteiger partial charge is 0.357 e. The van der Waals surface area contributed by atoms with Crippen LogP contribution in [0.5, 0.6) is 0 Å².